The lowest BCUT2D eigenvalue weighted by molar-refractivity contribution is 0.669. The highest BCUT2D eigenvalue weighted by molar-refractivity contribution is 6.22. The molecule has 0 saturated heterocycles. The first kappa shape index (κ1) is 37.1. The van der Waals surface area contributed by atoms with Gasteiger partial charge in [0, 0.05) is 27.7 Å². The van der Waals surface area contributed by atoms with Crippen molar-refractivity contribution in [2.24, 2.45) is 0 Å². The van der Waals surface area contributed by atoms with Gasteiger partial charge in [-0.3, -0.25) is 0 Å². The Morgan fingerprint density at radius 2 is 0.908 bits per heavy atom. The molecule has 0 aliphatic heterocycles. The van der Waals surface area contributed by atoms with Gasteiger partial charge in [-0.05, 0) is 120 Å². The van der Waals surface area contributed by atoms with Gasteiger partial charge in [-0.25, -0.2) is 0 Å². The Bertz CT molecular complexity index is 3720. The highest BCUT2D eigenvalue weighted by Crippen LogP contribution is 2.58. The second kappa shape index (κ2) is 14.8. The van der Waals surface area contributed by atoms with Crippen LogP contribution in [0.5, 0.6) is 0 Å². The summed E-state index contributed by atoms with van der Waals surface area (Å²) in [6.07, 6.45) is 0. The minimum absolute atomic E-state index is 0.560. The number of rotatable bonds is 7. The Hall–Kier alpha value is -8.46. The van der Waals surface area contributed by atoms with Crippen LogP contribution in [-0.4, -0.2) is 0 Å². The largest absolute Gasteiger partial charge is 0.456 e. The second-order valence-corrected chi connectivity index (χ2v) is 17.1. The number of nitrogens with zero attached hydrogens (tertiary/aromatic N) is 1. The van der Waals surface area contributed by atoms with Crippen molar-refractivity contribution in [3.63, 3.8) is 0 Å². The highest BCUT2D eigenvalue weighted by Gasteiger charge is 2.46. The van der Waals surface area contributed by atoms with E-state index < -0.39 is 5.41 Å². The van der Waals surface area contributed by atoms with E-state index >= 15 is 0 Å². The van der Waals surface area contributed by atoms with Crippen molar-refractivity contribution in [3.05, 3.63) is 271 Å². The number of anilines is 3. The van der Waals surface area contributed by atoms with Crippen molar-refractivity contribution in [1.29, 1.82) is 0 Å². The van der Waals surface area contributed by atoms with E-state index in [-0.39, 0.29) is 0 Å². The van der Waals surface area contributed by atoms with Gasteiger partial charge in [-0.1, -0.05) is 200 Å². The van der Waals surface area contributed by atoms with Crippen molar-refractivity contribution >= 4 is 60.5 Å². The zero-order valence-electron chi connectivity index (χ0n) is 35.5. The minimum Gasteiger partial charge on any atom is -0.456 e. The van der Waals surface area contributed by atoms with Crippen molar-refractivity contribution in [1.82, 2.24) is 0 Å². The van der Waals surface area contributed by atoms with Crippen molar-refractivity contribution in [2.75, 3.05) is 4.90 Å². The topological polar surface area (TPSA) is 16.4 Å². The van der Waals surface area contributed by atoms with Gasteiger partial charge in [0.15, 0.2) is 0 Å². The lowest BCUT2D eigenvalue weighted by Gasteiger charge is -2.35. The smallest absolute Gasteiger partial charge is 0.136 e. The molecule has 0 fully saturated rings. The molecule has 1 heterocycles. The minimum atomic E-state index is -0.560. The highest BCUT2D eigenvalue weighted by atomic mass is 16.3. The number of hydrogen-bond donors (Lipinski definition) is 0. The SMILES string of the molecule is c1ccc(-c2ccc(N(c3ccc4c(c3)C(c3ccccc3)(c3ccccc3)c3ccccc3-4)c3ccc4oc5ccccc5c4c3-c3cc4ccccc4c4ccccc34)cc2)cc1. The molecule has 12 aromatic rings. The van der Waals surface area contributed by atoms with E-state index in [0.29, 0.717) is 0 Å². The van der Waals surface area contributed by atoms with Gasteiger partial charge >= 0.3 is 0 Å². The molecule has 2 nitrogen and oxygen atoms in total. The average Bonchev–Trinajstić information content (AvgIpc) is 3.91. The summed E-state index contributed by atoms with van der Waals surface area (Å²) in [6.45, 7) is 0. The van der Waals surface area contributed by atoms with Crippen LogP contribution in [0, 0.1) is 0 Å². The maximum absolute atomic E-state index is 6.73. The van der Waals surface area contributed by atoms with E-state index in [1.165, 1.54) is 66.1 Å². The lowest BCUT2D eigenvalue weighted by atomic mass is 9.67. The molecule has 11 aromatic carbocycles. The van der Waals surface area contributed by atoms with Gasteiger partial charge < -0.3 is 9.32 Å². The third-order valence-corrected chi connectivity index (χ3v) is 13.7. The quantitative estimate of drug-likeness (QED) is 0.149. The van der Waals surface area contributed by atoms with Gasteiger partial charge in [0.05, 0.1) is 11.1 Å². The van der Waals surface area contributed by atoms with E-state index in [9.17, 15) is 0 Å². The van der Waals surface area contributed by atoms with Crippen LogP contribution >= 0.6 is 0 Å². The standard InChI is InChI=1S/C63H41NO/c1-4-18-42(19-5-1)43-32-34-47(35-33-43)64(48-36-37-53-52-28-14-16-30-56(52)63(57(53)41-48,45-21-6-2-7-22-45)46-23-8-3-9-24-46)58-38-39-60-62(54-29-15-17-31-59(54)65-60)61(58)55-40-44-20-10-11-25-49(44)50-26-12-13-27-51(50)55/h1-41H. The summed E-state index contributed by atoms with van der Waals surface area (Å²) < 4.78 is 6.73. The van der Waals surface area contributed by atoms with Gasteiger partial charge in [0.25, 0.3) is 0 Å². The molecule has 0 saturated carbocycles. The summed E-state index contributed by atoms with van der Waals surface area (Å²) in [5.41, 5.74) is 16.5. The fourth-order valence-corrected chi connectivity index (χ4v) is 11.0. The Kier molecular flexibility index (Phi) is 8.47. The fourth-order valence-electron chi connectivity index (χ4n) is 11.0. The number of furan rings is 1. The molecule has 0 unspecified atom stereocenters. The number of fused-ring (bicyclic) bond motifs is 9. The van der Waals surface area contributed by atoms with Crippen molar-refractivity contribution in [3.8, 4) is 33.4 Å². The molecule has 65 heavy (non-hydrogen) atoms. The first-order valence-corrected chi connectivity index (χ1v) is 22.4. The van der Waals surface area contributed by atoms with Crippen LogP contribution in [-0.2, 0) is 5.41 Å². The summed E-state index contributed by atoms with van der Waals surface area (Å²) in [5, 5.41) is 7.04. The monoisotopic (exact) mass is 827 g/mol. The lowest BCUT2D eigenvalue weighted by Crippen LogP contribution is -2.28. The van der Waals surface area contributed by atoms with Crippen LogP contribution in [0.1, 0.15) is 22.3 Å². The number of para-hydroxylation sites is 1. The van der Waals surface area contributed by atoms with Gasteiger partial charge in [0.1, 0.15) is 11.2 Å². The first-order valence-electron chi connectivity index (χ1n) is 22.4. The molecule has 0 amide bonds. The van der Waals surface area contributed by atoms with E-state index in [1.807, 2.05) is 0 Å². The summed E-state index contributed by atoms with van der Waals surface area (Å²) in [5.74, 6) is 0. The zero-order chi connectivity index (χ0) is 42.9. The molecule has 0 bridgehead atoms. The van der Waals surface area contributed by atoms with Crippen LogP contribution in [0.4, 0.5) is 17.1 Å². The summed E-state index contributed by atoms with van der Waals surface area (Å²) >= 11 is 0. The maximum Gasteiger partial charge on any atom is 0.136 e. The molecule has 2 heteroatoms. The van der Waals surface area contributed by atoms with Crippen LogP contribution < -0.4 is 4.90 Å². The number of hydrogen-bond acceptors (Lipinski definition) is 2. The normalized spacial score (nSPS) is 12.7. The Labute approximate surface area is 377 Å². The predicted molar refractivity (Wildman–Crippen MR) is 272 cm³/mol. The Morgan fingerprint density at radius 3 is 1.66 bits per heavy atom. The van der Waals surface area contributed by atoms with Crippen LogP contribution in [0.3, 0.4) is 0 Å². The summed E-state index contributed by atoms with van der Waals surface area (Å²) in [7, 11) is 0. The van der Waals surface area contributed by atoms with E-state index in [0.717, 1.165) is 50.1 Å². The molecule has 1 aliphatic rings. The summed E-state index contributed by atoms with van der Waals surface area (Å²) in [4.78, 5) is 2.49. The maximum atomic E-state index is 6.73. The molecule has 0 N–H and O–H groups in total. The van der Waals surface area contributed by atoms with Gasteiger partial charge in [-0.15, -0.1) is 0 Å². The van der Waals surface area contributed by atoms with Crippen molar-refractivity contribution < 1.29 is 4.42 Å². The molecule has 13 rings (SSSR count). The molecule has 0 atom stereocenters. The first-order chi connectivity index (χ1) is 32.3. The molecular formula is C63H41NO. The Morgan fingerprint density at radius 1 is 0.338 bits per heavy atom. The van der Waals surface area contributed by atoms with Crippen LogP contribution in [0.25, 0.3) is 76.9 Å². The van der Waals surface area contributed by atoms with E-state index in [2.05, 4.69) is 254 Å². The molecule has 0 radical (unpaired) electrons. The molecule has 0 spiro atoms. The Balaban J connectivity index is 1.15. The third-order valence-electron chi connectivity index (χ3n) is 13.7. The van der Waals surface area contributed by atoms with Crippen molar-refractivity contribution in [2.45, 2.75) is 5.41 Å². The summed E-state index contributed by atoms with van der Waals surface area (Å²) in [6, 6.07) is 91.0. The molecule has 304 valence electrons. The molecule has 1 aromatic heterocycles. The van der Waals surface area contributed by atoms with Gasteiger partial charge in [0.2, 0.25) is 0 Å². The average molecular weight is 828 g/mol. The molecule has 1 aliphatic carbocycles. The van der Waals surface area contributed by atoms with E-state index in [1.54, 1.807) is 0 Å². The van der Waals surface area contributed by atoms with E-state index in [4.69, 9.17) is 4.42 Å². The van der Waals surface area contributed by atoms with Gasteiger partial charge in [-0.2, -0.15) is 0 Å². The van der Waals surface area contributed by atoms with Crippen LogP contribution in [0.15, 0.2) is 253 Å². The predicted octanol–water partition coefficient (Wildman–Crippen LogP) is 17.1. The fraction of sp³-hybridized carbons (Fsp3) is 0.0159. The number of benzene rings is 11. The second-order valence-electron chi connectivity index (χ2n) is 17.1. The molecular weight excluding hydrogens is 787 g/mol. The van der Waals surface area contributed by atoms with Crippen LogP contribution in [0.2, 0.25) is 0 Å². The third kappa shape index (κ3) is 5.67. The zero-order valence-corrected chi connectivity index (χ0v) is 35.5.